The molecule has 1 aliphatic rings. The molecule has 4 rings (SSSR count). The number of rotatable bonds is 8. The molecule has 0 spiro atoms. The quantitative estimate of drug-likeness (QED) is 0.301. The molecule has 1 aromatic carbocycles. The van der Waals surface area contributed by atoms with Crippen molar-refractivity contribution in [2.24, 2.45) is 5.92 Å². The second kappa shape index (κ2) is 9.86. The van der Waals surface area contributed by atoms with Crippen molar-refractivity contribution in [3.8, 4) is 0 Å². The van der Waals surface area contributed by atoms with Gasteiger partial charge < -0.3 is 10.6 Å². The summed E-state index contributed by atoms with van der Waals surface area (Å²) in [5, 5.41) is 26.7. The number of hydrogen-bond acceptors (Lipinski definition) is 12. The van der Waals surface area contributed by atoms with E-state index in [4.69, 9.17) is 0 Å². The number of anilines is 2. The molecular formula is C20H18N8O6S2. The summed E-state index contributed by atoms with van der Waals surface area (Å²) in [7, 11) is -11.2. The number of allylic oxidation sites excluding steroid dienone is 3. The van der Waals surface area contributed by atoms with Crippen LogP contribution in [0.5, 0.6) is 0 Å². The van der Waals surface area contributed by atoms with Crippen molar-refractivity contribution in [3.05, 3.63) is 90.0 Å². The number of nitrogens with zero attached hydrogens (tertiary/aromatic N) is 6. The Morgan fingerprint density at radius 2 is 1.42 bits per heavy atom. The summed E-state index contributed by atoms with van der Waals surface area (Å²) in [4.78, 5) is 0. The zero-order valence-electron chi connectivity index (χ0n) is 18.1. The van der Waals surface area contributed by atoms with Crippen molar-refractivity contribution >= 4 is 37.9 Å². The largest absolute Gasteiger partial charge is 0.338 e. The van der Waals surface area contributed by atoms with Crippen molar-refractivity contribution in [2.45, 2.75) is 4.08 Å². The van der Waals surface area contributed by atoms with Crippen LogP contribution in [0.2, 0.25) is 0 Å². The maximum absolute atomic E-state index is 12.9. The van der Waals surface area contributed by atoms with Gasteiger partial charge in [-0.2, -0.15) is 16.8 Å². The molecule has 16 heteroatoms. The predicted octanol–water partition coefficient (Wildman–Crippen LogP) is 1.16. The molecule has 1 atom stereocenters. The minimum Gasteiger partial charge on any atom is -0.338 e. The molecule has 1 unspecified atom stereocenters. The number of benzene rings is 1. The topological polar surface area (TPSA) is 210 Å². The van der Waals surface area contributed by atoms with Crippen LogP contribution in [0.1, 0.15) is 5.56 Å². The normalized spacial score (nSPS) is 17.8. The predicted molar refractivity (Wildman–Crippen MR) is 128 cm³/mol. The summed E-state index contributed by atoms with van der Waals surface area (Å²) in [5.41, 5.74) is -0.245. The third-order valence-electron chi connectivity index (χ3n) is 5.11. The van der Waals surface area contributed by atoms with Gasteiger partial charge in [-0.15, -0.1) is 20.4 Å². The van der Waals surface area contributed by atoms with Crippen LogP contribution in [0.15, 0.2) is 84.5 Å². The lowest BCUT2D eigenvalue weighted by molar-refractivity contribution is 0.419. The van der Waals surface area contributed by atoms with Crippen LogP contribution in [-0.4, -0.2) is 60.8 Å². The van der Waals surface area contributed by atoms with Crippen molar-refractivity contribution in [1.82, 2.24) is 30.8 Å². The van der Waals surface area contributed by atoms with Crippen molar-refractivity contribution in [1.29, 1.82) is 0 Å². The van der Waals surface area contributed by atoms with Crippen LogP contribution < -0.4 is 10.6 Å². The molecule has 2 aromatic heterocycles. The van der Waals surface area contributed by atoms with Crippen molar-refractivity contribution in [2.75, 3.05) is 10.6 Å². The van der Waals surface area contributed by atoms with Crippen molar-refractivity contribution < 1.29 is 25.9 Å². The first-order valence-corrected chi connectivity index (χ1v) is 12.9. The van der Waals surface area contributed by atoms with Gasteiger partial charge in [0.05, 0.1) is 23.8 Å². The van der Waals surface area contributed by atoms with Gasteiger partial charge in [0.15, 0.2) is 11.6 Å². The SMILES string of the molecule is O=S(=O)(O)C1(S(=O)(=O)O)C(Nc2ccnnn2)=C(Nc2ccnnn2)C=CC1C=Cc1ccccc1. The molecule has 0 fully saturated rings. The van der Waals surface area contributed by atoms with E-state index in [9.17, 15) is 25.9 Å². The summed E-state index contributed by atoms with van der Waals surface area (Å²) < 4.78 is 69.2. The van der Waals surface area contributed by atoms with Gasteiger partial charge in [-0.05, 0) is 22.1 Å². The molecule has 2 heterocycles. The smallest absolute Gasteiger partial charge is 0.294 e. The van der Waals surface area contributed by atoms with Gasteiger partial charge in [0.2, 0.25) is 0 Å². The first-order valence-electron chi connectivity index (χ1n) is 10.1. The molecule has 0 saturated carbocycles. The molecule has 4 N–H and O–H groups in total. The Kier molecular flexibility index (Phi) is 6.84. The first kappa shape index (κ1) is 25.0. The Balaban J connectivity index is 1.97. The van der Waals surface area contributed by atoms with E-state index in [1.165, 1.54) is 48.8 Å². The van der Waals surface area contributed by atoms with Gasteiger partial charge in [-0.3, -0.25) is 9.11 Å². The third-order valence-corrected chi connectivity index (χ3v) is 8.86. The van der Waals surface area contributed by atoms with E-state index in [-0.39, 0.29) is 17.3 Å². The zero-order chi connectivity index (χ0) is 25.8. The zero-order valence-corrected chi connectivity index (χ0v) is 19.7. The average molecular weight is 531 g/mol. The second-order valence-electron chi connectivity index (χ2n) is 7.32. The number of hydrogen-bond donors (Lipinski definition) is 4. The lowest BCUT2D eigenvalue weighted by Crippen LogP contribution is -2.56. The maximum Gasteiger partial charge on any atom is 0.294 e. The minimum absolute atomic E-state index is 0.0580. The van der Waals surface area contributed by atoms with Crippen LogP contribution in [0.4, 0.5) is 11.6 Å². The van der Waals surface area contributed by atoms with E-state index in [0.717, 1.165) is 0 Å². The van der Waals surface area contributed by atoms with E-state index in [1.807, 2.05) is 0 Å². The molecule has 14 nitrogen and oxygen atoms in total. The second-order valence-corrected chi connectivity index (χ2v) is 10.8. The number of nitrogens with one attached hydrogen (secondary N) is 2. The van der Waals surface area contributed by atoms with Gasteiger partial charge in [0, 0.05) is 18.1 Å². The van der Waals surface area contributed by atoms with Gasteiger partial charge >= 0.3 is 0 Å². The highest BCUT2D eigenvalue weighted by Gasteiger charge is 2.64. The van der Waals surface area contributed by atoms with Gasteiger partial charge in [0.1, 0.15) is 0 Å². The van der Waals surface area contributed by atoms with Gasteiger partial charge in [-0.1, -0.05) is 48.6 Å². The Morgan fingerprint density at radius 3 is 1.94 bits per heavy atom. The Labute approximate surface area is 205 Å². The fraction of sp³-hybridized carbons (Fsp3) is 0.100. The maximum atomic E-state index is 12.9. The summed E-state index contributed by atoms with van der Waals surface area (Å²) in [6.45, 7) is 0. The highest BCUT2D eigenvalue weighted by atomic mass is 32.3. The first-order chi connectivity index (χ1) is 17.1. The Morgan fingerprint density at radius 1 is 0.833 bits per heavy atom. The summed E-state index contributed by atoms with van der Waals surface area (Å²) in [6, 6.07) is 11.3. The summed E-state index contributed by atoms with van der Waals surface area (Å²) in [6.07, 6.45) is 7.74. The molecular weight excluding hydrogens is 512 g/mol. The molecule has 186 valence electrons. The molecule has 3 aromatic rings. The van der Waals surface area contributed by atoms with Crippen LogP contribution in [0.3, 0.4) is 0 Å². The molecule has 0 saturated heterocycles. The Hall–Kier alpha value is -4.12. The highest BCUT2D eigenvalue weighted by Crippen LogP contribution is 2.45. The minimum atomic E-state index is -5.61. The van der Waals surface area contributed by atoms with E-state index < -0.39 is 35.9 Å². The van der Waals surface area contributed by atoms with E-state index in [0.29, 0.717) is 5.56 Å². The molecule has 0 aliphatic heterocycles. The van der Waals surface area contributed by atoms with Crippen LogP contribution in [-0.2, 0) is 20.2 Å². The van der Waals surface area contributed by atoms with E-state index >= 15 is 0 Å². The lowest BCUT2D eigenvalue weighted by atomic mass is 9.93. The average Bonchev–Trinajstić information content (AvgIpc) is 2.84. The standard InChI is InChI=1S/C20H18N8O6S2/c29-35(30,31)20(36(32,33)34)15(7-6-14-4-2-1-3-5-14)8-9-16(23-17-10-12-21-27-25-17)19(20)24-18-11-13-22-28-26-18/h1-13,15H,(H,21,23,25)(H,22,24,26)(H,29,30,31)(H,32,33,34). The fourth-order valence-electron chi connectivity index (χ4n) is 3.61. The summed E-state index contributed by atoms with van der Waals surface area (Å²) >= 11 is 0. The molecule has 0 radical (unpaired) electrons. The molecule has 0 bridgehead atoms. The number of aromatic nitrogens is 6. The molecule has 1 aliphatic carbocycles. The monoisotopic (exact) mass is 530 g/mol. The van der Waals surface area contributed by atoms with Crippen LogP contribution >= 0.6 is 0 Å². The van der Waals surface area contributed by atoms with E-state index in [1.54, 1.807) is 30.3 Å². The molecule has 0 amide bonds. The van der Waals surface area contributed by atoms with Gasteiger partial charge in [-0.25, -0.2) is 0 Å². The summed E-state index contributed by atoms with van der Waals surface area (Å²) in [5.74, 6) is -1.67. The molecule has 36 heavy (non-hydrogen) atoms. The third kappa shape index (κ3) is 4.82. The lowest BCUT2D eigenvalue weighted by Gasteiger charge is -2.37. The van der Waals surface area contributed by atoms with Gasteiger partial charge in [0.25, 0.3) is 24.3 Å². The van der Waals surface area contributed by atoms with Crippen LogP contribution in [0, 0.1) is 5.92 Å². The fourth-order valence-corrected chi connectivity index (χ4v) is 6.51. The van der Waals surface area contributed by atoms with Crippen LogP contribution in [0.25, 0.3) is 6.08 Å². The highest BCUT2D eigenvalue weighted by molar-refractivity contribution is 8.05. The Bertz CT molecular complexity index is 1500. The van der Waals surface area contributed by atoms with E-state index in [2.05, 4.69) is 41.5 Å². The van der Waals surface area contributed by atoms with Crippen molar-refractivity contribution in [3.63, 3.8) is 0 Å².